The Kier molecular flexibility index (Phi) is 4.10. The Morgan fingerprint density at radius 3 is 2.77 bits per heavy atom. The number of ether oxygens (including phenoxy) is 1. The van der Waals surface area contributed by atoms with Crippen LogP contribution in [0.4, 0.5) is 0 Å². The Morgan fingerprint density at radius 1 is 1.14 bits per heavy atom. The average Bonchev–Trinajstić information content (AvgIpc) is 2.88. The smallest absolute Gasteiger partial charge is 0.363 e. The molecule has 1 aliphatic heterocycles. The summed E-state index contributed by atoms with van der Waals surface area (Å²) in [6.45, 7) is 2.07. The van der Waals surface area contributed by atoms with E-state index in [2.05, 4.69) is 29.0 Å². The van der Waals surface area contributed by atoms with Gasteiger partial charge in [-0.2, -0.15) is 0 Å². The van der Waals surface area contributed by atoms with Gasteiger partial charge in [0, 0.05) is 18.8 Å². The number of pyridine rings is 1. The molecule has 0 unspecified atom stereocenters. The SMILES string of the molecule is Cc1ccccc1CCC1=N/C(=C/c2cccnc2)C(=O)O1. The van der Waals surface area contributed by atoms with Gasteiger partial charge in [-0.3, -0.25) is 4.98 Å². The lowest BCUT2D eigenvalue weighted by molar-refractivity contribution is -0.130. The lowest BCUT2D eigenvalue weighted by Crippen LogP contribution is -2.05. The minimum Gasteiger partial charge on any atom is -0.407 e. The molecule has 0 bridgehead atoms. The molecule has 4 nitrogen and oxygen atoms in total. The maximum absolute atomic E-state index is 11.8. The van der Waals surface area contributed by atoms with E-state index in [4.69, 9.17) is 4.74 Å². The summed E-state index contributed by atoms with van der Waals surface area (Å²) in [7, 11) is 0. The predicted octanol–water partition coefficient (Wildman–Crippen LogP) is 3.32. The van der Waals surface area contributed by atoms with Crippen molar-refractivity contribution in [1.29, 1.82) is 0 Å². The first-order chi connectivity index (χ1) is 10.7. The highest BCUT2D eigenvalue weighted by Crippen LogP contribution is 2.18. The third-order valence-electron chi connectivity index (χ3n) is 3.52. The zero-order chi connectivity index (χ0) is 15.4. The van der Waals surface area contributed by atoms with Crippen LogP contribution in [0.5, 0.6) is 0 Å². The fourth-order valence-electron chi connectivity index (χ4n) is 2.31. The van der Waals surface area contributed by atoms with Gasteiger partial charge in [0.25, 0.3) is 0 Å². The predicted molar refractivity (Wildman–Crippen MR) is 85.2 cm³/mol. The van der Waals surface area contributed by atoms with Gasteiger partial charge in [-0.15, -0.1) is 0 Å². The van der Waals surface area contributed by atoms with Crippen molar-refractivity contribution in [2.75, 3.05) is 0 Å². The standard InChI is InChI=1S/C18H16N2O2/c1-13-5-2-3-7-15(13)8-9-17-20-16(18(21)22-17)11-14-6-4-10-19-12-14/h2-7,10-12H,8-9H2,1H3/b16-11+. The van der Waals surface area contributed by atoms with Crippen molar-refractivity contribution < 1.29 is 9.53 Å². The molecule has 0 saturated carbocycles. The number of hydrogen-bond donors (Lipinski definition) is 0. The Balaban J connectivity index is 1.71. The molecule has 4 heteroatoms. The largest absolute Gasteiger partial charge is 0.407 e. The van der Waals surface area contributed by atoms with Gasteiger partial charge in [0.2, 0.25) is 0 Å². The Labute approximate surface area is 129 Å². The van der Waals surface area contributed by atoms with Crippen molar-refractivity contribution >= 4 is 17.9 Å². The molecule has 0 aliphatic carbocycles. The van der Waals surface area contributed by atoms with E-state index in [1.165, 1.54) is 11.1 Å². The topological polar surface area (TPSA) is 51.5 Å². The molecule has 1 aliphatic rings. The van der Waals surface area contributed by atoms with Crippen LogP contribution < -0.4 is 0 Å². The van der Waals surface area contributed by atoms with Crippen LogP contribution in [0, 0.1) is 6.92 Å². The van der Waals surface area contributed by atoms with Gasteiger partial charge >= 0.3 is 5.97 Å². The molecule has 110 valence electrons. The second kappa shape index (κ2) is 6.35. The summed E-state index contributed by atoms with van der Waals surface area (Å²) in [6.07, 6.45) is 6.48. The van der Waals surface area contributed by atoms with Crippen molar-refractivity contribution in [2.45, 2.75) is 19.8 Å². The fraction of sp³-hybridized carbons (Fsp3) is 0.167. The Hall–Kier alpha value is -2.75. The van der Waals surface area contributed by atoms with E-state index in [1.54, 1.807) is 18.5 Å². The molecule has 0 atom stereocenters. The zero-order valence-corrected chi connectivity index (χ0v) is 12.3. The highest BCUT2D eigenvalue weighted by Gasteiger charge is 2.22. The number of carbonyl (C=O) groups excluding carboxylic acids is 1. The summed E-state index contributed by atoms with van der Waals surface area (Å²) in [6, 6.07) is 11.9. The number of cyclic esters (lactones) is 1. The normalized spacial score (nSPS) is 15.8. The number of rotatable bonds is 4. The maximum atomic E-state index is 11.8. The minimum atomic E-state index is -0.399. The van der Waals surface area contributed by atoms with E-state index < -0.39 is 5.97 Å². The maximum Gasteiger partial charge on any atom is 0.363 e. The third-order valence-corrected chi connectivity index (χ3v) is 3.52. The van der Waals surface area contributed by atoms with E-state index in [1.807, 2.05) is 24.3 Å². The second-order valence-electron chi connectivity index (χ2n) is 5.14. The van der Waals surface area contributed by atoms with Gasteiger partial charge in [0.15, 0.2) is 11.6 Å². The fourth-order valence-corrected chi connectivity index (χ4v) is 2.31. The number of esters is 1. The third kappa shape index (κ3) is 3.28. The molecule has 0 radical (unpaired) electrons. The van der Waals surface area contributed by atoms with Crippen LogP contribution in [0.1, 0.15) is 23.1 Å². The summed E-state index contributed by atoms with van der Waals surface area (Å²) in [5.74, 6) is 0.0760. The van der Waals surface area contributed by atoms with Crippen LogP contribution >= 0.6 is 0 Å². The molecule has 0 N–H and O–H groups in total. The summed E-state index contributed by atoms with van der Waals surface area (Å²) in [5.41, 5.74) is 3.63. The van der Waals surface area contributed by atoms with Gasteiger partial charge in [-0.25, -0.2) is 9.79 Å². The van der Waals surface area contributed by atoms with E-state index in [-0.39, 0.29) is 0 Å². The van der Waals surface area contributed by atoms with E-state index >= 15 is 0 Å². The highest BCUT2D eigenvalue weighted by atomic mass is 16.6. The Morgan fingerprint density at radius 2 is 2.00 bits per heavy atom. The molecule has 0 saturated heterocycles. The molecule has 2 aromatic rings. The Bertz CT molecular complexity index is 749. The number of aliphatic imine (C=N–C) groups is 1. The van der Waals surface area contributed by atoms with E-state index in [9.17, 15) is 4.79 Å². The summed E-state index contributed by atoms with van der Waals surface area (Å²) < 4.78 is 5.23. The monoisotopic (exact) mass is 292 g/mol. The number of nitrogens with zero attached hydrogens (tertiary/aromatic N) is 2. The summed E-state index contributed by atoms with van der Waals surface area (Å²) >= 11 is 0. The molecule has 2 heterocycles. The number of aryl methyl sites for hydroxylation is 2. The quantitative estimate of drug-likeness (QED) is 0.641. The highest BCUT2D eigenvalue weighted by molar-refractivity contribution is 6.07. The number of hydrogen-bond acceptors (Lipinski definition) is 4. The van der Waals surface area contributed by atoms with Crippen molar-refractivity contribution in [2.24, 2.45) is 4.99 Å². The van der Waals surface area contributed by atoms with Gasteiger partial charge in [-0.05, 0) is 42.2 Å². The van der Waals surface area contributed by atoms with Crippen LogP contribution in [-0.4, -0.2) is 16.9 Å². The number of benzene rings is 1. The van der Waals surface area contributed by atoms with Crippen molar-refractivity contribution in [3.8, 4) is 0 Å². The first-order valence-electron chi connectivity index (χ1n) is 7.18. The van der Waals surface area contributed by atoms with Gasteiger partial charge in [-0.1, -0.05) is 30.3 Å². The number of aromatic nitrogens is 1. The van der Waals surface area contributed by atoms with E-state index in [0.717, 1.165) is 12.0 Å². The van der Waals surface area contributed by atoms with Crippen LogP contribution in [0.25, 0.3) is 6.08 Å². The molecule has 0 fully saturated rings. The molecule has 1 aromatic carbocycles. The molecule has 22 heavy (non-hydrogen) atoms. The molecule has 0 amide bonds. The van der Waals surface area contributed by atoms with Gasteiger partial charge < -0.3 is 4.74 Å². The van der Waals surface area contributed by atoms with Crippen molar-refractivity contribution in [3.63, 3.8) is 0 Å². The molecule has 3 rings (SSSR count). The first kappa shape index (κ1) is 14.2. The second-order valence-corrected chi connectivity index (χ2v) is 5.14. The van der Waals surface area contributed by atoms with Gasteiger partial charge in [0.1, 0.15) is 0 Å². The summed E-state index contributed by atoms with van der Waals surface area (Å²) in [5, 5.41) is 0. The lowest BCUT2D eigenvalue weighted by atomic mass is 10.0. The average molecular weight is 292 g/mol. The van der Waals surface area contributed by atoms with Crippen LogP contribution in [-0.2, 0) is 16.0 Å². The molecule has 1 aromatic heterocycles. The van der Waals surface area contributed by atoms with Crippen LogP contribution in [0.3, 0.4) is 0 Å². The lowest BCUT2D eigenvalue weighted by Gasteiger charge is -2.04. The summed E-state index contributed by atoms with van der Waals surface area (Å²) in [4.78, 5) is 20.1. The van der Waals surface area contributed by atoms with E-state index in [0.29, 0.717) is 18.0 Å². The molecular weight excluding hydrogens is 276 g/mol. The van der Waals surface area contributed by atoms with Gasteiger partial charge in [0.05, 0.1) is 0 Å². The minimum absolute atomic E-state index is 0.327. The van der Waals surface area contributed by atoms with Crippen molar-refractivity contribution in [3.05, 3.63) is 71.2 Å². The molecular formula is C18H16N2O2. The molecule has 0 spiro atoms. The first-order valence-corrected chi connectivity index (χ1v) is 7.18. The van der Waals surface area contributed by atoms with Crippen molar-refractivity contribution in [1.82, 2.24) is 4.98 Å². The van der Waals surface area contributed by atoms with Crippen LogP contribution in [0.15, 0.2) is 59.5 Å². The zero-order valence-electron chi connectivity index (χ0n) is 12.3. The number of carbonyl (C=O) groups is 1. The van der Waals surface area contributed by atoms with Crippen LogP contribution in [0.2, 0.25) is 0 Å².